The lowest BCUT2D eigenvalue weighted by Gasteiger charge is -2.21. The van der Waals surface area contributed by atoms with Crippen LogP contribution in [0.2, 0.25) is 0 Å². The minimum atomic E-state index is 0.181. The van der Waals surface area contributed by atoms with Crippen molar-refractivity contribution in [1.29, 1.82) is 0 Å². The van der Waals surface area contributed by atoms with E-state index < -0.39 is 0 Å². The van der Waals surface area contributed by atoms with Gasteiger partial charge in [0.25, 0.3) is 0 Å². The normalized spacial score (nSPS) is 18.3. The molecule has 1 heterocycles. The number of carbonyl (C=O) groups excluding carboxylic acids is 1. The van der Waals surface area contributed by atoms with Crippen molar-refractivity contribution in [3.63, 3.8) is 0 Å². The van der Waals surface area contributed by atoms with Gasteiger partial charge in [0.15, 0.2) is 0 Å². The Labute approximate surface area is 105 Å². The third-order valence-corrected chi connectivity index (χ3v) is 3.44. The molecule has 1 amide bonds. The minimum Gasteiger partial charge on any atom is -0.345 e. The third-order valence-electron chi connectivity index (χ3n) is 3.44. The molecule has 1 atom stereocenters. The van der Waals surface area contributed by atoms with Gasteiger partial charge in [0.2, 0.25) is 5.91 Å². The lowest BCUT2D eigenvalue weighted by atomic mass is 10.1. The van der Waals surface area contributed by atoms with Crippen molar-refractivity contribution in [3.05, 3.63) is 0 Å². The maximum absolute atomic E-state index is 11.6. The molecule has 0 radical (unpaired) electrons. The second kappa shape index (κ2) is 7.67. The molecule has 4 nitrogen and oxygen atoms in total. The molecule has 100 valence electrons. The average Bonchev–Trinajstić information content (AvgIpc) is 2.80. The molecule has 1 saturated heterocycles. The SMILES string of the molecule is CCN(C)C(=O)CNCC(C)CN1CCCC1. The van der Waals surface area contributed by atoms with E-state index in [0.717, 1.165) is 19.6 Å². The molecule has 1 aliphatic heterocycles. The molecule has 17 heavy (non-hydrogen) atoms. The van der Waals surface area contributed by atoms with E-state index in [1.54, 1.807) is 4.90 Å². The first kappa shape index (κ1) is 14.5. The summed E-state index contributed by atoms with van der Waals surface area (Å²) < 4.78 is 0. The molecule has 0 aromatic heterocycles. The van der Waals surface area contributed by atoms with Crippen LogP contribution in [0.3, 0.4) is 0 Å². The predicted molar refractivity (Wildman–Crippen MR) is 71.0 cm³/mol. The summed E-state index contributed by atoms with van der Waals surface area (Å²) in [5.41, 5.74) is 0. The fourth-order valence-corrected chi connectivity index (χ4v) is 2.21. The van der Waals surface area contributed by atoms with Gasteiger partial charge in [-0.1, -0.05) is 6.92 Å². The number of likely N-dealkylation sites (N-methyl/N-ethyl adjacent to an activating group) is 1. The van der Waals surface area contributed by atoms with Gasteiger partial charge >= 0.3 is 0 Å². The molecule has 0 spiro atoms. The number of hydrogen-bond donors (Lipinski definition) is 1. The highest BCUT2D eigenvalue weighted by atomic mass is 16.2. The summed E-state index contributed by atoms with van der Waals surface area (Å²) in [5.74, 6) is 0.800. The van der Waals surface area contributed by atoms with Crippen LogP contribution in [0.4, 0.5) is 0 Å². The van der Waals surface area contributed by atoms with Crippen molar-refractivity contribution >= 4 is 5.91 Å². The van der Waals surface area contributed by atoms with E-state index in [-0.39, 0.29) is 5.91 Å². The zero-order valence-corrected chi connectivity index (χ0v) is 11.5. The van der Waals surface area contributed by atoms with Crippen LogP contribution in [0.1, 0.15) is 26.7 Å². The van der Waals surface area contributed by atoms with Gasteiger partial charge in [-0.25, -0.2) is 0 Å². The fraction of sp³-hybridized carbons (Fsp3) is 0.923. The lowest BCUT2D eigenvalue weighted by molar-refractivity contribution is -0.128. The summed E-state index contributed by atoms with van der Waals surface area (Å²) >= 11 is 0. The Morgan fingerprint density at radius 3 is 2.65 bits per heavy atom. The molecule has 0 aliphatic carbocycles. The van der Waals surface area contributed by atoms with Crippen molar-refractivity contribution in [1.82, 2.24) is 15.1 Å². The average molecular weight is 241 g/mol. The molecule has 1 fully saturated rings. The van der Waals surface area contributed by atoms with Crippen molar-refractivity contribution in [3.8, 4) is 0 Å². The van der Waals surface area contributed by atoms with Crippen molar-refractivity contribution < 1.29 is 4.79 Å². The molecule has 1 aliphatic rings. The maximum Gasteiger partial charge on any atom is 0.236 e. The van der Waals surface area contributed by atoms with Crippen LogP contribution >= 0.6 is 0 Å². The highest BCUT2D eigenvalue weighted by Crippen LogP contribution is 2.09. The number of likely N-dealkylation sites (tertiary alicyclic amines) is 1. The van der Waals surface area contributed by atoms with Gasteiger partial charge in [0.1, 0.15) is 0 Å². The van der Waals surface area contributed by atoms with Crippen LogP contribution in [-0.2, 0) is 4.79 Å². The molecular weight excluding hydrogens is 214 g/mol. The third kappa shape index (κ3) is 5.50. The summed E-state index contributed by atoms with van der Waals surface area (Å²) in [6, 6.07) is 0. The van der Waals surface area contributed by atoms with Gasteiger partial charge in [0.05, 0.1) is 6.54 Å². The first-order valence-electron chi connectivity index (χ1n) is 6.80. The Bertz CT molecular complexity index is 227. The van der Waals surface area contributed by atoms with E-state index in [2.05, 4.69) is 17.1 Å². The van der Waals surface area contributed by atoms with E-state index in [9.17, 15) is 4.79 Å². The van der Waals surface area contributed by atoms with Crippen LogP contribution in [0, 0.1) is 5.92 Å². The lowest BCUT2D eigenvalue weighted by Crippen LogP contribution is -2.38. The summed E-state index contributed by atoms with van der Waals surface area (Å²) in [6.45, 7) is 10.1. The van der Waals surface area contributed by atoms with Crippen LogP contribution in [0.15, 0.2) is 0 Å². The highest BCUT2D eigenvalue weighted by molar-refractivity contribution is 5.77. The Kier molecular flexibility index (Phi) is 6.52. The summed E-state index contributed by atoms with van der Waals surface area (Å²) in [7, 11) is 1.84. The van der Waals surface area contributed by atoms with E-state index in [4.69, 9.17) is 0 Å². The Morgan fingerprint density at radius 1 is 1.41 bits per heavy atom. The molecule has 1 unspecified atom stereocenters. The predicted octanol–water partition coefficient (Wildman–Crippen LogP) is 0.786. The number of amides is 1. The summed E-state index contributed by atoms with van der Waals surface area (Å²) in [4.78, 5) is 15.8. The quantitative estimate of drug-likeness (QED) is 0.716. The molecule has 0 aromatic carbocycles. The van der Waals surface area contributed by atoms with Crippen LogP contribution in [0.25, 0.3) is 0 Å². The number of nitrogens with one attached hydrogen (secondary N) is 1. The Balaban J connectivity index is 2.07. The van der Waals surface area contributed by atoms with E-state index in [1.807, 2.05) is 14.0 Å². The summed E-state index contributed by atoms with van der Waals surface area (Å²) in [5, 5.41) is 3.26. The van der Waals surface area contributed by atoms with Gasteiger partial charge < -0.3 is 15.1 Å². The monoisotopic (exact) mass is 241 g/mol. The Morgan fingerprint density at radius 2 is 2.06 bits per heavy atom. The van der Waals surface area contributed by atoms with Gasteiger partial charge in [-0.2, -0.15) is 0 Å². The standard InChI is InChI=1S/C13H27N3O/c1-4-15(3)13(17)10-14-9-12(2)11-16-7-5-6-8-16/h12,14H,4-11H2,1-3H3. The number of carbonyl (C=O) groups is 1. The van der Waals surface area contributed by atoms with Crippen molar-refractivity contribution in [2.75, 3.05) is 46.3 Å². The zero-order chi connectivity index (χ0) is 12.7. The molecule has 0 aromatic rings. The second-order valence-corrected chi connectivity index (χ2v) is 5.15. The van der Waals surface area contributed by atoms with E-state index in [0.29, 0.717) is 12.5 Å². The number of rotatable bonds is 7. The molecule has 4 heteroatoms. The van der Waals surface area contributed by atoms with Crippen LogP contribution in [0.5, 0.6) is 0 Å². The molecule has 0 bridgehead atoms. The topological polar surface area (TPSA) is 35.6 Å². The molecular formula is C13H27N3O. The number of hydrogen-bond acceptors (Lipinski definition) is 3. The van der Waals surface area contributed by atoms with Gasteiger partial charge in [-0.05, 0) is 45.3 Å². The minimum absolute atomic E-state index is 0.181. The number of nitrogens with zero attached hydrogens (tertiary/aromatic N) is 2. The van der Waals surface area contributed by atoms with Crippen molar-refractivity contribution in [2.24, 2.45) is 5.92 Å². The first-order valence-corrected chi connectivity index (χ1v) is 6.80. The second-order valence-electron chi connectivity index (χ2n) is 5.15. The van der Waals surface area contributed by atoms with E-state index in [1.165, 1.54) is 25.9 Å². The largest absolute Gasteiger partial charge is 0.345 e. The molecule has 1 N–H and O–H groups in total. The van der Waals surface area contributed by atoms with Gasteiger partial charge in [-0.3, -0.25) is 4.79 Å². The zero-order valence-electron chi connectivity index (χ0n) is 11.5. The Hall–Kier alpha value is -0.610. The van der Waals surface area contributed by atoms with E-state index >= 15 is 0 Å². The van der Waals surface area contributed by atoms with Gasteiger partial charge in [0, 0.05) is 20.1 Å². The smallest absolute Gasteiger partial charge is 0.236 e. The fourth-order valence-electron chi connectivity index (χ4n) is 2.21. The highest BCUT2D eigenvalue weighted by Gasteiger charge is 2.14. The summed E-state index contributed by atoms with van der Waals surface area (Å²) in [6.07, 6.45) is 2.69. The van der Waals surface area contributed by atoms with Crippen LogP contribution < -0.4 is 5.32 Å². The van der Waals surface area contributed by atoms with Gasteiger partial charge in [-0.15, -0.1) is 0 Å². The molecule has 0 saturated carbocycles. The molecule has 1 rings (SSSR count). The maximum atomic E-state index is 11.6. The first-order chi connectivity index (χ1) is 8.13. The van der Waals surface area contributed by atoms with Crippen molar-refractivity contribution in [2.45, 2.75) is 26.7 Å². The van der Waals surface area contributed by atoms with Crippen LogP contribution in [-0.4, -0.2) is 62.0 Å².